The molecule has 0 aliphatic rings. The molecule has 0 saturated carbocycles. The van der Waals surface area contributed by atoms with Gasteiger partial charge in [0.2, 0.25) is 0 Å². The molecule has 1 aromatic heterocycles. The van der Waals surface area contributed by atoms with Gasteiger partial charge in [0.05, 0.1) is 24.7 Å². The highest BCUT2D eigenvalue weighted by Crippen LogP contribution is 2.25. The van der Waals surface area contributed by atoms with E-state index < -0.39 is 0 Å². The van der Waals surface area contributed by atoms with Gasteiger partial charge in [0, 0.05) is 17.0 Å². The molecule has 1 heterocycles. The fourth-order valence-electron chi connectivity index (χ4n) is 2.35. The monoisotopic (exact) mass is 277 g/mol. The highest BCUT2D eigenvalue weighted by atomic mass is 16.5. The summed E-state index contributed by atoms with van der Waals surface area (Å²) in [6.45, 7) is 0. The lowest BCUT2D eigenvalue weighted by atomic mass is 10.1. The van der Waals surface area contributed by atoms with Crippen LogP contribution in [0, 0.1) is 0 Å². The third-order valence-electron chi connectivity index (χ3n) is 3.39. The molecule has 0 unspecified atom stereocenters. The van der Waals surface area contributed by atoms with Crippen LogP contribution in [-0.2, 0) is 6.42 Å². The Kier molecular flexibility index (Phi) is 3.65. The summed E-state index contributed by atoms with van der Waals surface area (Å²) in [4.78, 5) is 16.8. The smallest absolute Gasteiger partial charge is 0.168 e. The largest absolute Gasteiger partial charge is 0.496 e. The quantitative estimate of drug-likeness (QED) is 0.683. The maximum absolute atomic E-state index is 12.3. The molecule has 0 amide bonds. The molecule has 3 heteroatoms. The second-order valence-electron chi connectivity index (χ2n) is 4.80. The Hall–Kier alpha value is -2.68. The van der Waals surface area contributed by atoms with E-state index in [1.807, 2.05) is 60.7 Å². The first-order valence-electron chi connectivity index (χ1n) is 6.79. The number of ether oxygens (including phenoxy) is 1. The number of benzene rings is 2. The summed E-state index contributed by atoms with van der Waals surface area (Å²) >= 11 is 0. The standard InChI is InChI=1S/C18H15NO2/c1-21-18-12-14(19-16-10-6-5-9-15(16)18)11-17(20)13-7-3-2-4-8-13/h2-10,12H,11H2,1H3. The topological polar surface area (TPSA) is 39.2 Å². The SMILES string of the molecule is COc1cc(CC(=O)c2ccccc2)nc2ccccc12. The number of aromatic nitrogens is 1. The normalized spacial score (nSPS) is 10.5. The van der Waals surface area contributed by atoms with E-state index in [2.05, 4.69) is 4.98 Å². The lowest BCUT2D eigenvalue weighted by Gasteiger charge is -2.08. The summed E-state index contributed by atoms with van der Waals surface area (Å²) in [5.74, 6) is 0.803. The van der Waals surface area contributed by atoms with E-state index in [1.165, 1.54) is 0 Å². The average molecular weight is 277 g/mol. The number of nitrogens with zero attached hydrogens (tertiary/aromatic N) is 1. The number of methoxy groups -OCH3 is 1. The van der Waals surface area contributed by atoms with Crippen molar-refractivity contribution in [3.63, 3.8) is 0 Å². The number of hydrogen-bond acceptors (Lipinski definition) is 3. The number of rotatable bonds is 4. The summed E-state index contributed by atoms with van der Waals surface area (Å²) in [6.07, 6.45) is 0.269. The highest BCUT2D eigenvalue weighted by Gasteiger charge is 2.11. The first-order valence-corrected chi connectivity index (χ1v) is 6.79. The lowest BCUT2D eigenvalue weighted by molar-refractivity contribution is 0.0992. The van der Waals surface area contributed by atoms with E-state index in [-0.39, 0.29) is 12.2 Å². The first kappa shape index (κ1) is 13.3. The summed E-state index contributed by atoms with van der Waals surface area (Å²) in [5, 5.41) is 0.955. The van der Waals surface area contributed by atoms with E-state index in [0.717, 1.165) is 22.3 Å². The van der Waals surface area contributed by atoms with Crippen molar-refractivity contribution >= 4 is 16.7 Å². The molecule has 0 spiro atoms. The Balaban J connectivity index is 1.96. The van der Waals surface area contributed by atoms with Gasteiger partial charge in [-0.2, -0.15) is 0 Å². The van der Waals surface area contributed by atoms with Gasteiger partial charge in [-0.05, 0) is 12.1 Å². The third-order valence-corrected chi connectivity index (χ3v) is 3.39. The van der Waals surface area contributed by atoms with Crippen LogP contribution in [0.1, 0.15) is 16.1 Å². The van der Waals surface area contributed by atoms with Crippen LogP contribution in [0.2, 0.25) is 0 Å². The van der Waals surface area contributed by atoms with Crippen LogP contribution in [0.5, 0.6) is 5.75 Å². The van der Waals surface area contributed by atoms with Gasteiger partial charge in [0.15, 0.2) is 5.78 Å². The van der Waals surface area contributed by atoms with Crippen molar-refractivity contribution in [3.05, 3.63) is 71.9 Å². The van der Waals surface area contributed by atoms with Crippen LogP contribution in [0.25, 0.3) is 10.9 Å². The molecule has 0 atom stereocenters. The van der Waals surface area contributed by atoms with Crippen LogP contribution < -0.4 is 4.74 Å². The molecule has 2 aromatic carbocycles. The van der Waals surface area contributed by atoms with Crippen molar-refractivity contribution in [1.82, 2.24) is 4.98 Å². The summed E-state index contributed by atoms with van der Waals surface area (Å²) < 4.78 is 5.40. The molecule has 3 aromatic rings. The number of carbonyl (C=O) groups is 1. The third kappa shape index (κ3) is 2.77. The number of fused-ring (bicyclic) bond motifs is 1. The molecular formula is C18H15NO2. The zero-order valence-corrected chi connectivity index (χ0v) is 11.7. The lowest BCUT2D eigenvalue weighted by Crippen LogP contribution is -2.05. The van der Waals surface area contributed by atoms with Gasteiger partial charge in [0.25, 0.3) is 0 Å². The number of pyridine rings is 1. The van der Waals surface area contributed by atoms with Gasteiger partial charge in [-0.15, -0.1) is 0 Å². The van der Waals surface area contributed by atoms with Crippen LogP contribution in [0.3, 0.4) is 0 Å². The molecule has 0 fully saturated rings. The summed E-state index contributed by atoms with van der Waals surface area (Å²) in [5.41, 5.74) is 2.26. The average Bonchev–Trinajstić information content (AvgIpc) is 2.55. The van der Waals surface area contributed by atoms with Crippen LogP contribution in [-0.4, -0.2) is 17.9 Å². The number of ketones is 1. The maximum Gasteiger partial charge on any atom is 0.168 e. The van der Waals surface area contributed by atoms with Crippen molar-refractivity contribution in [2.75, 3.05) is 7.11 Å². The van der Waals surface area contributed by atoms with Crippen molar-refractivity contribution < 1.29 is 9.53 Å². The van der Waals surface area contributed by atoms with Crippen molar-refractivity contribution in [3.8, 4) is 5.75 Å². The fraction of sp³-hybridized carbons (Fsp3) is 0.111. The van der Waals surface area contributed by atoms with Gasteiger partial charge in [-0.1, -0.05) is 42.5 Å². The highest BCUT2D eigenvalue weighted by molar-refractivity contribution is 5.97. The van der Waals surface area contributed by atoms with E-state index in [4.69, 9.17) is 4.74 Å². The Morgan fingerprint density at radius 1 is 1.05 bits per heavy atom. The van der Waals surface area contributed by atoms with Gasteiger partial charge in [-0.25, -0.2) is 0 Å². The molecule has 0 bridgehead atoms. The zero-order valence-electron chi connectivity index (χ0n) is 11.7. The molecule has 3 rings (SSSR count). The minimum Gasteiger partial charge on any atom is -0.496 e. The molecule has 21 heavy (non-hydrogen) atoms. The Morgan fingerprint density at radius 3 is 2.52 bits per heavy atom. The van der Waals surface area contributed by atoms with E-state index in [0.29, 0.717) is 5.56 Å². The predicted octanol–water partition coefficient (Wildman–Crippen LogP) is 3.67. The Bertz CT molecular complexity index is 782. The summed E-state index contributed by atoms with van der Waals surface area (Å²) in [7, 11) is 1.63. The van der Waals surface area contributed by atoms with Gasteiger partial charge in [-0.3, -0.25) is 9.78 Å². The molecule has 104 valence electrons. The number of hydrogen-bond donors (Lipinski definition) is 0. The van der Waals surface area contributed by atoms with E-state index >= 15 is 0 Å². The Labute approximate surface area is 123 Å². The molecule has 3 nitrogen and oxygen atoms in total. The molecule has 0 N–H and O–H groups in total. The van der Waals surface area contributed by atoms with E-state index in [9.17, 15) is 4.79 Å². The van der Waals surface area contributed by atoms with Crippen molar-refractivity contribution in [1.29, 1.82) is 0 Å². The van der Waals surface area contributed by atoms with Crippen LogP contribution in [0.4, 0.5) is 0 Å². The molecule has 0 saturated heterocycles. The predicted molar refractivity (Wildman–Crippen MR) is 82.8 cm³/mol. The number of carbonyl (C=O) groups excluding carboxylic acids is 1. The van der Waals surface area contributed by atoms with Crippen molar-refractivity contribution in [2.24, 2.45) is 0 Å². The fourth-order valence-corrected chi connectivity index (χ4v) is 2.35. The summed E-state index contributed by atoms with van der Waals surface area (Å²) in [6, 6.07) is 18.9. The van der Waals surface area contributed by atoms with Gasteiger partial charge < -0.3 is 4.74 Å². The maximum atomic E-state index is 12.3. The molecule has 0 radical (unpaired) electrons. The van der Waals surface area contributed by atoms with Crippen LogP contribution >= 0.6 is 0 Å². The second kappa shape index (κ2) is 5.75. The van der Waals surface area contributed by atoms with Gasteiger partial charge in [0.1, 0.15) is 5.75 Å². The molecule has 0 aliphatic heterocycles. The molecular weight excluding hydrogens is 262 g/mol. The first-order chi connectivity index (χ1) is 10.3. The number of Topliss-reactive ketones (excluding diaryl/α,β-unsaturated/α-hetero) is 1. The Morgan fingerprint density at radius 2 is 1.76 bits per heavy atom. The molecule has 0 aliphatic carbocycles. The van der Waals surface area contributed by atoms with Crippen LogP contribution in [0.15, 0.2) is 60.7 Å². The van der Waals surface area contributed by atoms with E-state index in [1.54, 1.807) is 7.11 Å². The number of para-hydroxylation sites is 1. The minimum absolute atomic E-state index is 0.0560. The van der Waals surface area contributed by atoms with Gasteiger partial charge >= 0.3 is 0 Å². The zero-order chi connectivity index (χ0) is 14.7. The minimum atomic E-state index is 0.0560. The second-order valence-corrected chi connectivity index (χ2v) is 4.80. The van der Waals surface area contributed by atoms with Crippen molar-refractivity contribution in [2.45, 2.75) is 6.42 Å².